The van der Waals surface area contributed by atoms with Crippen LogP contribution in [0.15, 0.2) is 36.4 Å². The fraction of sp³-hybridized carbons (Fsp3) is 0.0952. The van der Waals surface area contributed by atoms with Gasteiger partial charge in [0.2, 0.25) is 0 Å². The fourth-order valence-electron chi connectivity index (χ4n) is 2.39. The smallest absolute Gasteiger partial charge is 0.335 e. The lowest BCUT2D eigenvalue weighted by molar-refractivity contribution is -0.118. The van der Waals surface area contributed by atoms with Crippen molar-refractivity contribution in [2.24, 2.45) is 0 Å². The van der Waals surface area contributed by atoms with Gasteiger partial charge in [0.1, 0.15) is 17.2 Å². The molecule has 0 aromatic heterocycles. The number of carboxylic acids is 2. The molecule has 0 aliphatic heterocycles. The molecule has 0 atom stereocenters. The first-order valence-electron chi connectivity index (χ1n) is 8.24. The number of nitrogens with zero attached hydrogens (tertiary/aromatic N) is 1. The Kier molecular flexibility index (Phi) is 6.88. The third-order valence-electron chi connectivity index (χ3n) is 3.73. The zero-order valence-corrected chi connectivity index (χ0v) is 15.7. The number of carbonyl (C=O) groups excluding carboxylic acids is 1. The van der Waals surface area contributed by atoms with Crippen LogP contribution in [0.1, 0.15) is 23.6 Å². The highest BCUT2D eigenvalue weighted by molar-refractivity contribution is 5.95. The molecular weight excluding hydrogens is 392 g/mol. The van der Waals surface area contributed by atoms with Gasteiger partial charge in [-0.15, -0.1) is 0 Å². The van der Waals surface area contributed by atoms with E-state index in [2.05, 4.69) is 17.4 Å². The number of nitrogens with one attached hydrogen (secondary N) is 1. The van der Waals surface area contributed by atoms with Gasteiger partial charge in [0.25, 0.3) is 5.91 Å². The lowest BCUT2D eigenvalue weighted by Crippen LogP contribution is -2.20. The molecule has 0 spiro atoms. The van der Waals surface area contributed by atoms with E-state index in [-0.39, 0.29) is 19.7 Å². The quantitative estimate of drug-likeness (QED) is 0.446. The van der Waals surface area contributed by atoms with Crippen molar-refractivity contribution in [1.82, 2.24) is 0 Å². The minimum Gasteiger partial charge on any atom is -0.495 e. The van der Waals surface area contributed by atoms with Gasteiger partial charge in [0, 0.05) is 20.6 Å². The number of rotatable bonds is 8. The first-order chi connectivity index (χ1) is 14.3. The minimum atomic E-state index is -1.33. The van der Waals surface area contributed by atoms with Crippen molar-refractivity contribution in [3.8, 4) is 36.4 Å². The van der Waals surface area contributed by atoms with Crippen LogP contribution in [0.2, 0.25) is 0 Å². The Balaban J connectivity index is 0.00000480. The summed E-state index contributed by atoms with van der Waals surface area (Å²) >= 11 is 0. The summed E-state index contributed by atoms with van der Waals surface area (Å²) in [5, 5.41) is 20.7. The van der Waals surface area contributed by atoms with E-state index in [4.69, 9.17) is 32.5 Å². The first-order valence-corrected chi connectivity index (χ1v) is 8.24. The lowest BCUT2D eigenvalue weighted by Gasteiger charge is -2.15. The first kappa shape index (κ1) is 21.7. The van der Waals surface area contributed by atoms with Gasteiger partial charge in [-0.3, -0.25) is 4.79 Å². The van der Waals surface area contributed by atoms with E-state index in [9.17, 15) is 14.4 Å². The predicted octanol–water partition coefficient (Wildman–Crippen LogP) is 2.59. The van der Waals surface area contributed by atoms with Gasteiger partial charge < -0.3 is 25.0 Å². The molecule has 9 nitrogen and oxygen atoms in total. The largest absolute Gasteiger partial charge is 0.495 e. The van der Waals surface area contributed by atoms with Crippen LogP contribution in [0.4, 0.5) is 11.4 Å². The Labute approximate surface area is 174 Å². The van der Waals surface area contributed by atoms with E-state index in [1.165, 1.54) is 13.2 Å². The average Bonchev–Trinajstić information content (AvgIpc) is 2.73. The molecule has 9 heteroatoms. The molecule has 30 heavy (non-hydrogen) atoms. The van der Waals surface area contributed by atoms with Gasteiger partial charge in [-0.25, -0.2) is 14.5 Å². The van der Waals surface area contributed by atoms with E-state index in [1.54, 1.807) is 12.1 Å². The topological polar surface area (TPSA) is 125 Å². The van der Waals surface area contributed by atoms with E-state index >= 15 is 0 Å². The van der Waals surface area contributed by atoms with Crippen LogP contribution < -0.4 is 19.7 Å². The van der Waals surface area contributed by atoms with Crippen LogP contribution in [0.5, 0.6) is 11.5 Å². The van der Waals surface area contributed by atoms with Gasteiger partial charge in [0.05, 0.1) is 18.2 Å². The third-order valence-corrected chi connectivity index (χ3v) is 3.73. The van der Waals surface area contributed by atoms with E-state index in [0.717, 1.165) is 23.1 Å². The number of methoxy groups -OCH3 is 1. The summed E-state index contributed by atoms with van der Waals surface area (Å²) in [7, 11) is 1.44. The molecule has 156 valence electrons. The summed E-state index contributed by atoms with van der Waals surface area (Å²) in [5.41, 5.74) is 0.143. The number of ether oxygens (including phenoxy) is 2. The van der Waals surface area contributed by atoms with Crippen molar-refractivity contribution in [3.63, 3.8) is 0 Å². The van der Waals surface area contributed by atoms with Crippen molar-refractivity contribution in [2.75, 3.05) is 23.9 Å². The number of carboxylic acid groups (broad SMARTS) is 2. The molecule has 0 radical (unpaired) electrons. The number of aromatic carboxylic acids is 2. The Morgan fingerprint density at radius 1 is 1.07 bits per heavy atom. The van der Waals surface area contributed by atoms with Crippen molar-refractivity contribution in [2.45, 2.75) is 0 Å². The summed E-state index contributed by atoms with van der Waals surface area (Å²) in [6, 6.07) is 12.4. The normalized spacial score (nSPS) is 9.57. The van der Waals surface area contributed by atoms with Crippen molar-refractivity contribution >= 4 is 29.2 Å². The monoisotopic (exact) mass is 412 g/mol. The number of hydrogen-bond donors (Lipinski definition) is 3. The molecule has 0 heterocycles. The minimum absolute atomic E-state index is 0. The van der Waals surface area contributed by atoms with Crippen LogP contribution >= 0.6 is 0 Å². The average molecular weight is 412 g/mol. The zero-order valence-electron chi connectivity index (χ0n) is 15.7. The van der Waals surface area contributed by atoms with Crippen LogP contribution in [0.25, 0.3) is 0 Å². The standard InChI is InChI=1S/C21H16N2O7.2H2/c1-4-23(5-2)17-11-15(6-7-18(17)29-3)22-19(24)12-30-16-9-13(20(25)26)8-14(10-16)21(27)28;;/h1-2,6-11H,12H2,3H3,(H,22,24)(H,25,26)(H,27,28);2*1H. The van der Waals surface area contributed by atoms with Gasteiger partial charge in [-0.2, -0.15) is 0 Å². The second-order valence-corrected chi connectivity index (χ2v) is 5.67. The highest BCUT2D eigenvalue weighted by Crippen LogP contribution is 2.30. The molecule has 2 aromatic carbocycles. The number of carbonyl (C=O) groups is 3. The Bertz CT molecular complexity index is 1040. The molecule has 1 amide bonds. The second-order valence-electron chi connectivity index (χ2n) is 5.67. The number of hydrogen-bond acceptors (Lipinski definition) is 6. The molecular formula is C21H20N2O7. The maximum absolute atomic E-state index is 12.2. The molecule has 0 aliphatic carbocycles. The molecule has 0 saturated heterocycles. The third kappa shape index (κ3) is 5.21. The maximum atomic E-state index is 12.2. The van der Waals surface area contributed by atoms with Crippen molar-refractivity contribution in [3.05, 3.63) is 47.5 Å². The fourth-order valence-corrected chi connectivity index (χ4v) is 2.39. The molecule has 0 fully saturated rings. The van der Waals surface area contributed by atoms with Gasteiger partial charge >= 0.3 is 11.9 Å². The van der Waals surface area contributed by atoms with E-state index in [1.807, 2.05) is 0 Å². The molecule has 0 aliphatic rings. The lowest BCUT2D eigenvalue weighted by atomic mass is 10.1. The number of anilines is 2. The Morgan fingerprint density at radius 2 is 1.67 bits per heavy atom. The van der Waals surface area contributed by atoms with Crippen molar-refractivity contribution < 1.29 is 36.9 Å². The summed E-state index contributed by atoms with van der Waals surface area (Å²) in [6.07, 6.45) is 10.7. The predicted molar refractivity (Wildman–Crippen MR) is 112 cm³/mol. The second kappa shape index (κ2) is 9.53. The Morgan fingerprint density at radius 3 is 2.17 bits per heavy atom. The highest BCUT2D eigenvalue weighted by Gasteiger charge is 2.14. The molecule has 0 saturated carbocycles. The van der Waals surface area contributed by atoms with E-state index in [0.29, 0.717) is 17.1 Å². The summed E-state index contributed by atoms with van der Waals surface area (Å²) < 4.78 is 10.4. The summed E-state index contributed by atoms with van der Waals surface area (Å²) in [4.78, 5) is 35.6. The van der Waals surface area contributed by atoms with E-state index < -0.39 is 24.5 Å². The molecule has 0 bridgehead atoms. The molecule has 2 rings (SSSR count). The zero-order chi connectivity index (χ0) is 22.3. The van der Waals surface area contributed by atoms with Crippen molar-refractivity contribution in [1.29, 1.82) is 0 Å². The summed E-state index contributed by atoms with van der Waals surface area (Å²) in [5.74, 6) is -2.93. The maximum Gasteiger partial charge on any atom is 0.335 e. The van der Waals surface area contributed by atoms with Crippen LogP contribution in [0.3, 0.4) is 0 Å². The number of amides is 1. The SMILES string of the molecule is C#CN(C#C)c1cc(NC(=O)COc2cc(C(=O)O)cc(C(=O)O)c2)ccc1OC.[HH].[HH]. The number of terminal acetylenes is 2. The number of benzene rings is 2. The van der Waals surface area contributed by atoms with Gasteiger partial charge in [0.15, 0.2) is 6.61 Å². The molecule has 0 unspecified atom stereocenters. The van der Waals surface area contributed by atoms with Gasteiger partial charge in [-0.1, -0.05) is 12.8 Å². The highest BCUT2D eigenvalue weighted by atomic mass is 16.5. The van der Waals surface area contributed by atoms with Crippen LogP contribution in [0, 0.1) is 24.9 Å². The summed E-state index contributed by atoms with van der Waals surface area (Å²) in [6.45, 7) is -0.502. The Hall–Kier alpha value is -4.63. The van der Waals surface area contributed by atoms with Crippen LogP contribution in [-0.4, -0.2) is 41.8 Å². The molecule has 2 aromatic rings. The van der Waals surface area contributed by atoms with Gasteiger partial charge in [-0.05, 0) is 36.4 Å². The van der Waals surface area contributed by atoms with Crippen LogP contribution in [-0.2, 0) is 4.79 Å². The molecule has 3 N–H and O–H groups in total.